The van der Waals surface area contributed by atoms with E-state index < -0.39 is 27.6 Å². The van der Waals surface area contributed by atoms with Crippen molar-refractivity contribution >= 4 is 38.9 Å². The van der Waals surface area contributed by atoms with E-state index in [1.54, 1.807) is 18.2 Å². The van der Waals surface area contributed by atoms with Crippen LogP contribution in [0.25, 0.3) is 0 Å². The highest BCUT2D eigenvalue weighted by molar-refractivity contribution is 7.92. The van der Waals surface area contributed by atoms with Gasteiger partial charge in [0.05, 0.1) is 10.7 Å². The molecule has 9 heteroatoms. The molecule has 3 aromatic carbocycles. The second kappa shape index (κ2) is 8.41. The quantitative estimate of drug-likeness (QED) is 0.554. The van der Waals surface area contributed by atoms with Gasteiger partial charge in [-0.15, -0.1) is 0 Å². The number of rotatable bonds is 5. The summed E-state index contributed by atoms with van der Waals surface area (Å²) in [6.07, 6.45) is 0. The Balaban J connectivity index is 1.89. The van der Waals surface area contributed by atoms with Crippen LogP contribution in [0.4, 0.5) is 20.2 Å². The average molecular weight is 451 g/mol. The molecule has 0 aromatic heterocycles. The van der Waals surface area contributed by atoms with Gasteiger partial charge in [0.25, 0.3) is 15.9 Å². The van der Waals surface area contributed by atoms with Crippen LogP contribution >= 0.6 is 11.6 Å². The second-order valence-corrected chi connectivity index (χ2v) is 8.69. The van der Waals surface area contributed by atoms with Gasteiger partial charge in [0.15, 0.2) is 0 Å². The van der Waals surface area contributed by atoms with Gasteiger partial charge < -0.3 is 5.32 Å². The Bertz CT molecular complexity index is 1250. The summed E-state index contributed by atoms with van der Waals surface area (Å²) in [7, 11) is -4.10. The lowest BCUT2D eigenvalue weighted by Crippen LogP contribution is -2.17. The van der Waals surface area contributed by atoms with Crippen molar-refractivity contribution in [3.05, 3.63) is 87.9 Å². The molecule has 3 aromatic rings. The molecule has 0 aliphatic carbocycles. The van der Waals surface area contributed by atoms with Crippen LogP contribution in [-0.4, -0.2) is 14.3 Å². The highest BCUT2D eigenvalue weighted by Gasteiger charge is 2.21. The SMILES string of the molecule is Cc1ccc(NS(=O)(=O)c2cc(C(=O)Nc3ccc(F)cc3F)ccc2Cl)cc1C. The molecule has 0 unspecified atom stereocenters. The van der Waals surface area contributed by atoms with Gasteiger partial charge in [-0.2, -0.15) is 0 Å². The van der Waals surface area contributed by atoms with Gasteiger partial charge in [-0.3, -0.25) is 9.52 Å². The number of hydrogen-bond acceptors (Lipinski definition) is 3. The van der Waals surface area contributed by atoms with E-state index in [2.05, 4.69) is 10.0 Å². The molecule has 0 heterocycles. The fourth-order valence-electron chi connectivity index (χ4n) is 2.65. The monoisotopic (exact) mass is 450 g/mol. The summed E-state index contributed by atoms with van der Waals surface area (Å²) in [5, 5.41) is 2.19. The minimum atomic E-state index is -4.10. The van der Waals surface area contributed by atoms with Gasteiger partial charge >= 0.3 is 0 Å². The summed E-state index contributed by atoms with van der Waals surface area (Å²) < 4.78 is 54.9. The van der Waals surface area contributed by atoms with E-state index in [9.17, 15) is 22.0 Å². The number of aryl methyl sites for hydroxylation is 2. The highest BCUT2D eigenvalue weighted by Crippen LogP contribution is 2.26. The Morgan fingerprint density at radius 2 is 1.67 bits per heavy atom. The van der Waals surface area contributed by atoms with Crippen molar-refractivity contribution in [3.63, 3.8) is 0 Å². The summed E-state index contributed by atoms with van der Waals surface area (Å²) in [5.74, 6) is -2.52. The average Bonchev–Trinajstić information content (AvgIpc) is 2.67. The molecule has 0 atom stereocenters. The zero-order valence-electron chi connectivity index (χ0n) is 16.0. The van der Waals surface area contributed by atoms with E-state index in [0.29, 0.717) is 11.8 Å². The Kier molecular flexibility index (Phi) is 6.09. The Morgan fingerprint density at radius 1 is 0.933 bits per heavy atom. The summed E-state index contributed by atoms with van der Waals surface area (Å²) in [5.41, 5.74) is 1.94. The second-order valence-electron chi connectivity index (χ2n) is 6.63. The molecule has 1 amide bonds. The first-order valence-electron chi connectivity index (χ1n) is 8.73. The third-order valence-corrected chi connectivity index (χ3v) is 6.28. The van der Waals surface area contributed by atoms with E-state index in [4.69, 9.17) is 11.6 Å². The number of nitrogens with one attached hydrogen (secondary N) is 2. The lowest BCUT2D eigenvalue weighted by Gasteiger charge is -2.12. The van der Waals surface area contributed by atoms with Crippen LogP contribution in [-0.2, 0) is 10.0 Å². The van der Waals surface area contributed by atoms with Crippen LogP contribution in [0.1, 0.15) is 21.5 Å². The fourth-order valence-corrected chi connectivity index (χ4v) is 4.23. The molecule has 156 valence electrons. The molecule has 5 nitrogen and oxygen atoms in total. The molecule has 0 saturated heterocycles. The van der Waals surface area contributed by atoms with Crippen LogP contribution in [0.2, 0.25) is 5.02 Å². The first-order valence-corrected chi connectivity index (χ1v) is 10.6. The number of sulfonamides is 1. The molecule has 3 rings (SSSR count). The van der Waals surface area contributed by atoms with Crippen molar-refractivity contribution in [2.45, 2.75) is 18.7 Å². The standard InChI is InChI=1S/C21H17ClF2N2O3S/c1-12-3-6-16(9-13(12)2)26-30(28,29)20-10-14(4-7-17(20)22)21(27)25-19-8-5-15(23)11-18(19)24/h3-11,26H,1-2H3,(H,25,27). The van der Waals surface area contributed by atoms with E-state index in [1.807, 2.05) is 13.8 Å². The Morgan fingerprint density at radius 3 is 2.33 bits per heavy atom. The minimum Gasteiger partial charge on any atom is -0.319 e. The van der Waals surface area contributed by atoms with E-state index in [0.717, 1.165) is 29.3 Å². The third kappa shape index (κ3) is 4.77. The molecule has 0 spiro atoms. The smallest absolute Gasteiger partial charge is 0.263 e. The van der Waals surface area contributed by atoms with Gasteiger partial charge in [-0.25, -0.2) is 17.2 Å². The van der Waals surface area contributed by atoms with E-state index >= 15 is 0 Å². The third-order valence-electron chi connectivity index (χ3n) is 4.42. The molecular formula is C21H17ClF2N2O3S. The molecule has 2 N–H and O–H groups in total. The minimum absolute atomic E-state index is 0.0661. The van der Waals surface area contributed by atoms with E-state index in [1.165, 1.54) is 12.1 Å². The first kappa shape index (κ1) is 21.7. The Hall–Kier alpha value is -2.97. The van der Waals surface area contributed by atoms with Gasteiger partial charge in [0, 0.05) is 17.3 Å². The van der Waals surface area contributed by atoms with Gasteiger partial charge in [-0.05, 0) is 67.4 Å². The predicted molar refractivity (Wildman–Crippen MR) is 112 cm³/mol. The fraction of sp³-hybridized carbons (Fsp3) is 0.0952. The van der Waals surface area contributed by atoms with Crippen LogP contribution in [0.15, 0.2) is 59.5 Å². The number of halogens is 3. The zero-order valence-corrected chi connectivity index (χ0v) is 17.5. The highest BCUT2D eigenvalue weighted by atomic mass is 35.5. The van der Waals surface area contributed by atoms with Crippen LogP contribution in [0.5, 0.6) is 0 Å². The Labute approximate surface area is 177 Å². The molecule has 0 aliphatic heterocycles. The molecule has 0 fully saturated rings. The van der Waals surface area contributed by atoms with Crippen LogP contribution in [0.3, 0.4) is 0 Å². The van der Waals surface area contributed by atoms with Crippen molar-refractivity contribution in [1.82, 2.24) is 0 Å². The van der Waals surface area contributed by atoms with Crippen molar-refractivity contribution in [1.29, 1.82) is 0 Å². The zero-order chi connectivity index (χ0) is 22.1. The molecular weight excluding hydrogens is 434 g/mol. The lowest BCUT2D eigenvalue weighted by atomic mass is 10.1. The topological polar surface area (TPSA) is 75.3 Å². The van der Waals surface area contributed by atoms with Gasteiger partial charge in [0.1, 0.15) is 16.5 Å². The molecule has 0 aliphatic rings. The lowest BCUT2D eigenvalue weighted by molar-refractivity contribution is 0.102. The van der Waals surface area contributed by atoms with Crippen molar-refractivity contribution in [2.75, 3.05) is 10.0 Å². The number of amides is 1. The van der Waals surface area contributed by atoms with Crippen molar-refractivity contribution < 1.29 is 22.0 Å². The summed E-state index contributed by atoms with van der Waals surface area (Å²) in [6.45, 7) is 3.75. The summed E-state index contributed by atoms with van der Waals surface area (Å²) in [4.78, 5) is 12.1. The number of anilines is 2. The molecule has 0 saturated carbocycles. The summed E-state index contributed by atoms with van der Waals surface area (Å²) in [6, 6.07) is 11.4. The van der Waals surface area contributed by atoms with Crippen LogP contribution < -0.4 is 10.0 Å². The maximum absolute atomic E-state index is 13.8. The van der Waals surface area contributed by atoms with Crippen LogP contribution in [0, 0.1) is 25.5 Å². The first-order chi connectivity index (χ1) is 14.1. The number of benzene rings is 3. The molecule has 0 bridgehead atoms. The maximum Gasteiger partial charge on any atom is 0.263 e. The number of carbonyl (C=O) groups is 1. The largest absolute Gasteiger partial charge is 0.319 e. The van der Waals surface area contributed by atoms with Crippen molar-refractivity contribution in [2.24, 2.45) is 0 Å². The molecule has 0 radical (unpaired) electrons. The number of carbonyl (C=O) groups excluding carboxylic acids is 1. The van der Waals surface area contributed by atoms with E-state index in [-0.39, 0.29) is 21.2 Å². The van der Waals surface area contributed by atoms with Gasteiger partial charge in [0.2, 0.25) is 0 Å². The maximum atomic E-state index is 13.8. The number of hydrogen-bond donors (Lipinski definition) is 2. The van der Waals surface area contributed by atoms with Gasteiger partial charge in [-0.1, -0.05) is 17.7 Å². The molecule has 30 heavy (non-hydrogen) atoms. The predicted octanol–water partition coefficient (Wildman–Crippen LogP) is 5.29. The normalized spacial score (nSPS) is 11.2. The summed E-state index contributed by atoms with van der Waals surface area (Å²) >= 11 is 6.06. The van der Waals surface area contributed by atoms with Crippen molar-refractivity contribution in [3.8, 4) is 0 Å².